The molecule has 0 amide bonds. The Morgan fingerprint density at radius 3 is 2.72 bits per heavy atom. The van der Waals surface area contributed by atoms with Gasteiger partial charge < -0.3 is 9.88 Å². The summed E-state index contributed by atoms with van der Waals surface area (Å²) in [5, 5.41) is 4.33. The minimum Gasteiger partial charge on any atom is -0.343 e. The number of rotatable bonds is 7. The van der Waals surface area contributed by atoms with Crippen molar-refractivity contribution in [3.8, 4) is 16.9 Å². The molecular formula is C22H22F3N7. The first-order chi connectivity index (χ1) is 15.4. The number of aromatic amines is 1. The van der Waals surface area contributed by atoms with E-state index in [-0.39, 0.29) is 12.0 Å². The van der Waals surface area contributed by atoms with Crippen molar-refractivity contribution in [2.24, 2.45) is 0 Å². The largest absolute Gasteiger partial charge is 0.395 e. The van der Waals surface area contributed by atoms with Crippen LogP contribution in [0, 0.1) is 0 Å². The summed E-state index contributed by atoms with van der Waals surface area (Å²) < 4.78 is 42.7. The van der Waals surface area contributed by atoms with Crippen LogP contribution in [-0.2, 0) is 0 Å². The molecule has 1 unspecified atom stereocenters. The third-order valence-electron chi connectivity index (χ3n) is 5.96. The molecule has 1 saturated carbocycles. The van der Waals surface area contributed by atoms with Gasteiger partial charge in [0.1, 0.15) is 0 Å². The SMILES string of the molecule is CN(CCC(c1ccc(-n2cc(-c3ccnc4nc[nH]c34)cn2)nc1)C(F)(F)F)C1CC1. The predicted molar refractivity (Wildman–Crippen MR) is 113 cm³/mol. The second-order valence-corrected chi connectivity index (χ2v) is 8.18. The van der Waals surface area contributed by atoms with Crippen molar-refractivity contribution in [2.45, 2.75) is 37.4 Å². The van der Waals surface area contributed by atoms with E-state index in [1.807, 2.05) is 18.0 Å². The Labute approximate surface area is 182 Å². The van der Waals surface area contributed by atoms with Crippen molar-refractivity contribution < 1.29 is 13.2 Å². The zero-order chi connectivity index (χ0) is 22.3. The van der Waals surface area contributed by atoms with Gasteiger partial charge in [0.2, 0.25) is 0 Å². The number of nitrogens with one attached hydrogen (secondary N) is 1. The summed E-state index contributed by atoms with van der Waals surface area (Å²) in [6.45, 7) is 0.410. The lowest BCUT2D eigenvalue weighted by Gasteiger charge is -2.24. The third-order valence-corrected chi connectivity index (χ3v) is 5.96. The second-order valence-electron chi connectivity index (χ2n) is 8.18. The summed E-state index contributed by atoms with van der Waals surface area (Å²) in [4.78, 5) is 17.7. The van der Waals surface area contributed by atoms with E-state index in [2.05, 4.69) is 25.0 Å². The molecule has 4 heterocycles. The van der Waals surface area contributed by atoms with E-state index in [1.54, 1.807) is 35.7 Å². The highest BCUT2D eigenvalue weighted by molar-refractivity contribution is 5.88. The maximum absolute atomic E-state index is 13.7. The van der Waals surface area contributed by atoms with E-state index < -0.39 is 12.1 Å². The molecular weight excluding hydrogens is 419 g/mol. The van der Waals surface area contributed by atoms with Crippen LogP contribution in [0.25, 0.3) is 28.1 Å². The molecule has 1 atom stereocenters. The van der Waals surface area contributed by atoms with Crippen molar-refractivity contribution in [2.75, 3.05) is 13.6 Å². The maximum Gasteiger partial charge on any atom is 0.395 e. The van der Waals surface area contributed by atoms with Gasteiger partial charge in [0.15, 0.2) is 11.5 Å². The lowest BCUT2D eigenvalue weighted by atomic mass is 9.96. The molecule has 32 heavy (non-hydrogen) atoms. The molecule has 0 radical (unpaired) electrons. The standard InChI is InChI=1S/C22H22F3N7/c1-31(16-3-4-16)9-7-18(22(23,24)25)14-2-5-19(27-10-14)32-12-15(11-30-32)17-6-8-26-21-20(17)28-13-29-21/h2,5-6,8,10-13,16,18H,3-4,7,9H2,1H3,(H,26,28,29). The molecule has 4 aromatic heterocycles. The molecule has 4 aromatic rings. The average molecular weight is 441 g/mol. The van der Waals surface area contributed by atoms with Crippen LogP contribution in [0.4, 0.5) is 13.2 Å². The number of pyridine rings is 2. The van der Waals surface area contributed by atoms with E-state index in [4.69, 9.17) is 0 Å². The lowest BCUT2D eigenvalue weighted by molar-refractivity contribution is -0.152. The van der Waals surface area contributed by atoms with E-state index in [0.29, 0.717) is 24.1 Å². The van der Waals surface area contributed by atoms with Crippen LogP contribution < -0.4 is 0 Å². The average Bonchev–Trinajstić information content (AvgIpc) is 3.31. The van der Waals surface area contributed by atoms with Gasteiger partial charge in [-0.15, -0.1) is 0 Å². The van der Waals surface area contributed by atoms with Crippen LogP contribution in [0.5, 0.6) is 0 Å². The quantitative estimate of drug-likeness (QED) is 0.462. The summed E-state index contributed by atoms with van der Waals surface area (Å²) in [6.07, 6.45) is 5.86. The minimum atomic E-state index is -4.32. The second kappa shape index (κ2) is 8.01. The molecule has 0 saturated heterocycles. The fraction of sp³-hybridized carbons (Fsp3) is 0.364. The van der Waals surface area contributed by atoms with Crippen LogP contribution in [-0.4, -0.2) is 60.4 Å². The van der Waals surface area contributed by atoms with E-state index in [9.17, 15) is 13.2 Å². The van der Waals surface area contributed by atoms with Crippen LogP contribution >= 0.6 is 0 Å². The number of aromatic nitrogens is 6. The Balaban J connectivity index is 1.36. The van der Waals surface area contributed by atoms with Crippen molar-refractivity contribution in [3.05, 3.63) is 54.9 Å². The van der Waals surface area contributed by atoms with Gasteiger partial charge in [0, 0.05) is 35.8 Å². The summed E-state index contributed by atoms with van der Waals surface area (Å²) >= 11 is 0. The zero-order valence-electron chi connectivity index (χ0n) is 17.4. The predicted octanol–water partition coefficient (Wildman–Crippen LogP) is 4.34. The molecule has 166 valence electrons. The van der Waals surface area contributed by atoms with Gasteiger partial charge in [-0.1, -0.05) is 6.07 Å². The molecule has 7 nitrogen and oxygen atoms in total. The molecule has 0 bridgehead atoms. The number of fused-ring (bicyclic) bond motifs is 1. The van der Waals surface area contributed by atoms with Crippen molar-refractivity contribution in [1.29, 1.82) is 0 Å². The smallest absolute Gasteiger partial charge is 0.343 e. The van der Waals surface area contributed by atoms with E-state index in [1.165, 1.54) is 12.3 Å². The third kappa shape index (κ3) is 4.10. The van der Waals surface area contributed by atoms with E-state index >= 15 is 0 Å². The summed E-state index contributed by atoms with van der Waals surface area (Å²) in [5.41, 5.74) is 3.27. The van der Waals surface area contributed by atoms with Gasteiger partial charge in [0.25, 0.3) is 0 Å². The van der Waals surface area contributed by atoms with Gasteiger partial charge >= 0.3 is 6.18 Å². The molecule has 5 rings (SSSR count). The lowest BCUT2D eigenvalue weighted by Crippen LogP contribution is -2.28. The van der Waals surface area contributed by atoms with Gasteiger partial charge in [-0.2, -0.15) is 18.3 Å². The fourth-order valence-corrected chi connectivity index (χ4v) is 3.97. The van der Waals surface area contributed by atoms with Crippen molar-refractivity contribution in [1.82, 2.24) is 34.6 Å². The van der Waals surface area contributed by atoms with Crippen LogP contribution in [0.15, 0.2) is 49.3 Å². The summed E-state index contributed by atoms with van der Waals surface area (Å²) in [5.74, 6) is -1.09. The molecule has 1 fully saturated rings. The topological polar surface area (TPSA) is 75.5 Å². The molecule has 0 aliphatic heterocycles. The van der Waals surface area contributed by atoms with Gasteiger partial charge in [0.05, 0.1) is 24.0 Å². The number of H-pyrrole nitrogens is 1. The monoisotopic (exact) mass is 441 g/mol. The highest BCUT2D eigenvalue weighted by Crippen LogP contribution is 2.38. The van der Waals surface area contributed by atoms with Crippen LogP contribution in [0.1, 0.15) is 30.7 Å². The Morgan fingerprint density at radius 2 is 2.00 bits per heavy atom. The number of halogens is 3. The normalized spacial score (nSPS) is 15.5. The number of alkyl halides is 3. The fourth-order valence-electron chi connectivity index (χ4n) is 3.97. The number of hydrogen-bond donors (Lipinski definition) is 1. The molecule has 0 spiro atoms. The first kappa shape index (κ1) is 20.6. The molecule has 1 aliphatic rings. The Morgan fingerprint density at radius 1 is 1.16 bits per heavy atom. The van der Waals surface area contributed by atoms with Crippen molar-refractivity contribution >= 4 is 11.2 Å². The van der Waals surface area contributed by atoms with Crippen LogP contribution in [0.3, 0.4) is 0 Å². The highest BCUT2D eigenvalue weighted by atomic mass is 19.4. The van der Waals surface area contributed by atoms with Crippen molar-refractivity contribution in [3.63, 3.8) is 0 Å². The summed E-state index contributed by atoms with van der Waals surface area (Å²) in [6, 6.07) is 5.36. The first-order valence-corrected chi connectivity index (χ1v) is 10.5. The van der Waals surface area contributed by atoms with Gasteiger partial charge in [-0.25, -0.2) is 19.6 Å². The zero-order valence-corrected chi connectivity index (χ0v) is 17.4. The van der Waals surface area contributed by atoms with Gasteiger partial charge in [-0.05, 0) is 50.6 Å². The molecule has 0 aromatic carbocycles. The number of imidazole rings is 1. The minimum absolute atomic E-state index is 0.0195. The highest BCUT2D eigenvalue weighted by Gasteiger charge is 2.41. The Kier molecular flexibility index (Phi) is 5.16. The van der Waals surface area contributed by atoms with Gasteiger partial charge in [-0.3, -0.25) is 0 Å². The first-order valence-electron chi connectivity index (χ1n) is 10.5. The Hall–Kier alpha value is -3.27. The molecule has 1 N–H and O–H groups in total. The van der Waals surface area contributed by atoms with Crippen LogP contribution in [0.2, 0.25) is 0 Å². The molecule has 10 heteroatoms. The van der Waals surface area contributed by atoms with E-state index in [0.717, 1.165) is 29.5 Å². The Bertz CT molecular complexity index is 1210. The number of nitrogens with zero attached hydrogens (tertiary/aromatic N) is 6. The summed E-state index contributed by atoms with van der Waals surface area (Å²) in [7, 11) is 1.89. The molecule has 1 aliphatic carbocycles. The maximum atomic E-state index is 13.7. The number of hydrogen-bond acceptors (Lipinski definition) is 5.